The van der Waals surface area contributed by atoms with Gasteiger partial charge in [0, 0.05) is 11.3 Å². The number of H-pyrrole nitrogens is 1. The maximum atomic E-state index is 12.1. The number of anilines is 1. The number of hydrogen-bond acceptors (Lipinski definition) is 5. The van der Waals surface area contributed by atoms with Gasteiger partial charge in [-0.05, 0) is 38.5 Å². The lowest BCUT2D eigenvalue weighted by Gasteiger charge is -2.19. The van der Waals surface area contributed by atoms with Crippen LogP contribution < -0.4 is 10.1 Å². The molecular formula is C16H19N3O3S. The molecule has 2 aromatic rings. The zero-order valence-electron chi connectivity index (χ0n) is 13.2. The average Bonchev–Trinajstić information content (AvgIpc) is 2.81. The highest BCUT2D eigenvalue weighted by atomic mass is 32.2. The number of aromatic hydroxyl groups is 1. The lowest BCUT2D eigenvalue weighted by Crippen LogP contribution is -2.21. The summed E-state index contributed by atoms with van der Waals surface area (Å²) in [6.45, 7) is 6.16. The van der Waals surface area contributed by atoms with Gasteiger partial charge in [0.1, 0.15) is 0 Å². The number of benzene rings is 1. The van der Waals surface area contributed by atoms with E-state index in [1.807, 2.05) is 32.9 Å². The minimum Gasteiger partial charge on any atom is -0.504 e. The van der Waals surface area contributed by atoms with Crippen LogP contribution in [0.15, 0.2) is 18.2 Å². The van der Waals surface area contributed by atoms with Crippen LogP contribution in [0.4, 0.5) is 5.82 Å². The van der Waals surface area contributed by atoms with Crippen molar-refractivity contribution >= 4 is 23.5 Å². The summed E-state index contributed by atoms with van der Waals surface area (Å²) in [6, 6.07) is 5.31. The number of aromatic nitrogens is 2. The summed E-state index contributed by atoms with van der Waals surface area (Å²) in [5.41, 5.74) is 2.84. The van der Waals surface area contributed by atoms with E-state index < -0.39 is 0 Å². The molecule has 3 rings (SSSR count). The van der Waals surface area contributed by atoms with Crippen molar-refractivity contribution in [3.63, 3.8) is 0 Å². The van der Waals surface area contributed by atoms with Crippen molar-refractivity contribution in [3.05, 3.63) is 35.0 Å². The number of rotatable bonds is 3. The van der Waals surface area contributed by atoms with E-state index >= 15 is 0 Å². The van der Waals surface area contributed by atoms with Gasteiger partial charge < -0.3 is 15.2 Å². The predicted molar refractivity (Wildman–Crippen MR) is 90.1 cm³/mol. The fourth-order valence-electron chi connectivity index (χ4n) is 2.62. The third-order valence-corrected chi connectivity index (χ3v) is 5.20. The van der Waals surface area contributed by atoms with Crippen LogP contribution in [0, 0.1) is 6.92 Å². The number of thioether (sulfide) groups is 1. The Bertz CT molecular complexity index is 744. The Hall–Kier alpha value is -2.15. The van der Waals surface area contributed by atoms with Gasteiger partial charge in [-0.1, -0.05) is 6.07 Å². The summed E-state index contributed by atoms with van der Waals surface area (Å²) in [5.74, 6) is 1.07. The maximum Gasteiger partial charge on any atom is 0.238 e. The lowest BCUT2D eigenvalue weighted by molar-refractivity contribution is -0.115. The van der Waals surface area contributed by atoms with Crippen molar-refractivity contribution < 1.29 is 14.6 Å². The highest BCUT2D eigenvalue weighted by Gasteiger charge is 2.32. The Morgan fingerprint density at radius 3 is 2.96 bits per heavy atom. The van der Waals surface area contributed by atoms with Crippen molar-refractivity contribution in [1.29, 1.82) is 0 Å². The summed E-state index contributed by atoms with van der Waals surface area (Å²) in [5, 5.41) is 19.6. The first-order chi connectivity index (χ1) is 11.0. The summed E-state index contributed by atoms with van der Waals surface area (Å²) >= 11 is 1.55. The number of ether oxygens (including phenoxy) is 1. The minimum absolute atomic E-state index is 0.0611. The van der Waals surface area contributed by atoms with E-state index in [2.05, 4.69) is 15.5 Å². The van der Waals surface area contributed by atoms with Crippen molar-refractivity contribution in [2.75, 3.05) is 11.9 Å². The number of phenolic OH excluding ortho intramolecular Hbond substituents is 1. The van der Waals surface area contributed by atoms with E-state index in [1.54, 1.807) is 17.8 Å². The number of fused-ring (bicyclic) bond motifs is 1. The number of nitrogens with zero attached hydrogens (tertiary/aromatic N) is 1. The molecular weight excluding hydrogens is 314 g/mol. The van der Waals surface area contributed by atoms with Gasteiger partial charge in [-0.15, -0.1) is 11.8 Å². The molecule has 0 unspecified atom stereocenters. The Labute approximate surface area is 138 Å². The number of carbonyl (C=O) groups is 1. The molecule has 6 nitrogen and oxygen atoms in total. The second-order valence-corrected chi connectivity index (χ2v) is 6.87. The molecule has 1 aliphatic heterocycles. The predicted octanol–water partition coefficient (Wildman–Crippen LogP) is 2.99. The van der Waals surface area contributed by atoms with Crippen LogP contribution in [0.3, 0.4) is 0 Å². The first kappa shape index (κ1) is 15.7. The van der Waals surface area contributed by atoms with Gasteiger partial charge in [0.2, 0.25) is 5.91 Å². The van der Waals surface area contributed by atoms with Gasteiger partial charge in [-0.3, -0.25) is 9.89 Å². The topological polar surface area (TPSA) is 87.2 Å². The molecule has 1 aromatic heterocycles. The molecule has 0 aliphatic carbocycles. The quantitative estimate of drug-likeness (QED) is 0.804. The Balaban J connectivity index is 2.09. The van der Waals surface area contributed by atoms with Gasteiger partial charge in [0.15, 0.2) is 17.3 Å². The summed E-state index contributed by atoms with van der Waals surface area (Å²) in [7, 11) is 0. The van der Waals surface area contributed by atoms with E-state index in [4.69, 9.17) is 4.74 Å². The summed E-state index contributed by atoms with van der Waals surface area (Å²) < 4.78 is 5.48. The first-order valence-electron chi connectivity index (χ1n) is 7.48. The van der Waals surface area contributed by atoms with E-state index in [0.29, 0.717) is 18.2 Å². The number of aryl methyl sites for hydroxylation is 1. The van der Waals surface area contributed by atoms with Crippen LogP contribution in [-0.2, 0) is 4.79 Å². The average molecular weight is 333 g/mol. The van der Waals surface area contributed by atoms with E-state index in [0.717, 1.165) is 16.8 Å². The van der Waals surface area contributed by atoms with E-state index in [-0.39, 0.29) is 22.2 Å². The fourth-order valence-corrected chi connectivity index (χ4v) is 3.94. The molecule has 0 saturated carbocycles. The molecule has 1 aliphatic rings. The molecule has 3 N–H and O–H groups in total. The molecule has 2 atom stereocenters. The molecule has 23 heavy (non-hydrogen) atoms. The number of aromatic amines is 1. The minimum atomic E-state index is -0.210. The van der Waals surface area contributed by atoms with Crippen LogP contribution in [0.5, 0.6) is 11.5 Å². The Morgan fingerprint density at radius 2 is 2.22 bits per heavy atom. The largest absolute Gasteiger partial charge is 0.504 e. The monoisotopic (exact) mass is 333 g/mol. The second kappa shape index (κ2) is 6.16. The number of amides is 1. The van der Waals surface area contributed by atoms with Gasteiger partial charge >= 0.3 is 0 Å². The number of hydrogen-bond donors (Lipinski definition) is 3. The number of phenols is 1. The van der Waals surface area contributed by atoms with Gasteiger partial charge in [-0.25, -0.2) is 0 Å². The normalized spacial score (nSPS) is 20.6. The van der Waals surface area contributed by atoms with Crippen LogP contribution >= 0.6 is 11.8 Å². The molecule has 0 spiro atoms. The zero-order valence-corrected chi connectivity index (χ0v) is 14.0. The van der Waals surface area contributed by atoms with E-state index in [9.17, 15) is 9.90 Å². The smallest absolute Gasteiger partial charge is 0.238 e. The van der Waals surface area contributed by atoms with Crippen LogP contribution in [0.2, 0.25) is 0 Å². The second-order valence-electron chi connectivity index (χ2n) is 5.42. The Morgan fingerprint density at radius 1 is 1.43 bits per heavy atom. The molecule has 0 saturated heterocycles. The zero-order chi connectivity index (χ0) is 16.6. The standard InChI is InChI=1S/C16H19N3O3S/c1-4-22-12-7-10(5-6-11(12)20)14-13-8(2)18-19-15(13)17-16(21)9(3)23-14/h5-7,9,14,20H,4H2,1-3H3,(H2,17,18,19,21)/t9-,14-/m0/s1. The highest BCUT2D eigenvalue weighted by Crippen LogP contribution is 2.46. The Kier molecular flexibility index (Phi) is 4.21. The molecule has 2 heterocycles. The molecule has 0 bridgehead atoms. The summed E-state index contributed by atoms with van der Waals surface area (Å²) in [6.07, 6.45) is 0. The van der Waals surface area contributed by atoms with Gasteiger partial charge in [0.05, 0.1) is 17.1 Å². The van der Waals surface area contributed by atoms with Gasteiger partial charge in [0.25, 0.3) is 0 Å². The van der Waals surface area contributed by atoms with Crippen molar-refractivity contribution in [3.8, 4) is 11.5 Å². The number of carbonyl (C=O) groups excluding carboxylic acids is 1. The van der Waals surface area contributed by atoms with Crippen molar-refractivity contribution in [2.45, 2.75) is 31.3 Å². The lowest BCUT2D eigenvalue weighted by atomic mass is 10.0. The number of nitrogens with one attached hydrogen (secondary N) is 2. The maximum absolute atomic E-state index is 12.1. The molecule has 1 aromatic carbocycles. The van der Waals surface area contributed by atoms with E-state index in [1.165, 1.54) is 0 Å². The van der Waals surface area contributed by atoms with Crippen molar-refractivity contribution in [2.24, 2.45) is 0 Å². The van der Waals surface area contributed by atoms with Crippen LogP contribution in [0.1, 0.15) is 35.9 Å². The van der Waals surface area contributed by atoms with Crippen LogP contribution in [-0.4, -0.2) is 33.1 Å². The van der Waals surface area contributed by atoms with Crippen LogP contribution in [0.25, 0.3) is 0 Å². The third kappa shape index (κ3) is 2.88. The molecule has 122 valence electrons. The molecule has 0 radical (unpaired) electrons. The fraction of sp³-hybridized carbons (Fsp3) is 0.375. The molecule has 0 fully saturated rings. The molecule has 1 amide bonds. The summed E-state index contributed by atoms with van der Waals surface area (Å²) in [4.78, 5) is 12.1. The molecule has 7 heteroatoms. The first-order valence-corrected chi connectivity index (χ1v) is 8.42. The SMILES string of the molecule is CCOc1cc([C@@H]2S[C@@H](C)C(=O)Nc3n[nH]c(C)c32)ccc1O. The highest BCUT2D eigenvalue weighted by molar-refractivity contribution is 8.01. The van der Waals surface area contributed by atoms with Crippen molar-refractivity contribution in [1.82, 2.24) is 10.2 Å². The van der Waals surface area contributed by atoms with Gasteiger partial charge in [-0.2, -0.15) is 5.10 Å². The third-order valence-electron chi connectivity index (χ3n) is 3.79.